The van der Waals surface area contributed by atoms with E-state index in [1.54, 1.807) is 14.2 Å². The zero-order valence-electron chi connectivity index (χ0n) is 21.4. The summed E-state index contributed by atoms with van der Waals surface area (Å²) in [6.45, 7) is 11.8. The number of unbranched alkanes of at least 4 members (excludes halogenated alkanes) is 1. The number of rotatable bonds is 13. The van der Waals surface area contributed by atoms with Gasteiger partial charge in [0, 0.05) is 16.5 Å². The van der Waals surface area contributed by atoms with Crippen LogP contribution < -0.4 is 20.1 Å². The van der Waals surface area contributed by atoms with Crippen LogP contribution in [0.1, 0.15) is 46.5 Å². The van der Waals surface area contributed by atoms with Gasteiger partial charge >= 0.3 is 0 Å². The molecule has 1 aliphatic rings. The van der Waals surface area contributed by atoms with Crippen molar-refractivity contribution in [2.24, 2.45) is 16.8 Å². The van der Waals surface area contributed by atoms with Gasteiger partial charge in [0.25, 0.3) is 0 Å². The molecule has 2 atom stereocenters. The average Bonchev–Trinajstić information content (AvgIpc) is 3.36. The van der Waals surface area contributed by atoms with E-state index < -0.39 is 7.92 Å². The lowest BCUT2D eigenvalue weighted by atomic mass is 9.98. The van der Waals surface area contributed by atoms with Crippen LogP contribution in [0.15, 0.2) is 65.7 Å². The Hall–Kier alpha value is -2.32. The van der Waals surface area contributed by atoms with Crippen LogP contribution in [0, 0.1) is 11.8 Å². The minimum absolute atomic E-state index is 0.175. The Kier molecular flexibility index (Phi) is 10.0. The van der Waals surface area contributed by atoms with Gasteiger partial charge in [0.05, 0.1) is 20.3 Å². The fourth-order valence-electron chi connectivity index (χ4n) is 4.33. The standard InChI is InChI=1S/C29H40NO3P/c1-7-8-13-22(4)18-23(29-30-24(19-33-29)21(2)3)20-34(27-16-11-9-14-25(27)31-5)28-17-12-10-15-26(28)32-6/h9-12,14-17,21,23-24H,4,7-8,13,18-20H2,1-3,5-6H3/t23-,24?/m1/s1. The maximum absolute atomic E-state index is 6.24. The van der Waals surface area contributed by atoms with E-state index in [1.165, 1.54) is 29.0 Å². The highest BCUT2D eigenvalue weighted by atomic mass is 31.1. The Morgan fingerprint density at radius 3 is 2.15 bits per heavy atom. The first-order chi connectivity index (χ1) is 16.5. The topological polar surface area (TPSA) is 40.0 Å². The molecule has 0 N–H and O–H groups in total. The SMILES string of the molecule is C=C(CCCC)C[C@H](CP(c1ccccc1OC)c1ccccc1OC)C1=NC(C(C)C)CO1. The highest BCUT2D eigenvalue weighted by molar-refractivity contribution is 7.73. The van der Waals surface area contributed by atoms with Crippen molar-refractivity contribution in [2.75, 3.05) is 27.0 Å². The van der Waals surface area contributed by atoms with Crippen molar-refractivity contribution in [3.63, 3.8) is 0 Å². The van der Waals surface area contributed by atoms with E-state index in [1.807, 2.05) is 24.3 Å². The van der Waals surface area contributed by atoms with Gasteiger partial charge in [-0.15, -0.1) is 0 Å². The monoisotopic (exact) mass is 481 g/mol. The van der Waals surface area contributed by atoms with Crippen molar-refractivity contribution in [1.29, 1.82) is 0 Å². The Labute approximate surface area is 207 Å². The van der Waals surface area contributed by atoms with Crippen LogP contribution in [-0.4, -0.2) is 38.9 Å². The molecule has 0 radical (unpaired) electrons. The predicted octanol–water partition coefficient (Wildman–Crippen LogP) is 6.34. The molecule has 1 unspecified atom stereocenters. The van der Waals surface area contributed by atoms with Crippen LogP contribution in [0.25, 0.3) is 0 Å². The van der Waals surface area contributed by atoms with E-state index in [0.717, 1.165) is 36.4 Å². The summed E-state index contributed by atoms with van der Waals surface area (Å²) in [5.41, 5.74) is 1.28. The van der Waals surface area contributed by atoms with E-state index in [4.69, 9.17) is 19.2 Å². The predicted molar refractivity (Wildman–Crippen MR) is 146 cm³/mol. The van der Waals surface area contributed by atoms with E-state index in [9.17, 15) is 0 Å². The number of methoxy groups -OCH3 is 2. The minimum Gasteiger partial charge on any atom is -0.496 e. The quantitative estimate of drug-likeness (QED) is 0.247. The van der Waals surface area contributed by atoms with E-state index >= 15 is 0 Å². The normalized spacial score (nSPS) is 16.3. The Balaban J connectivity index is 2.03. The van der Waals surface area contributed by atoms with Crippen molar-refractivity contribution in [3.05, 3.63) is 60.7 Å². The molecular weight excluding hydrogens is 441 g/mol. The highest BCUT2D eigenvalue weighted by Gasteiger charge is 2.32. The van der Waals surface area contributed by atoms with Crippen LogP contribution in [0.3, 0.4) is 0 Å². The third kappa shape index (κ3) is 6.63. The van der Waals surface area contributed by atoms with E-state index in [0.29, 0.717) is 12.5 Å². The summed E-state index contributed by atoms with van der Waals surface area (Å²) in [5.74, 6) is 3.36. The average molecular weight is 482 g/mol. The minimum atomic E-state index is -0.785. The largest absolute Gasteiger partial charge is 0.496 e. The van der Waals surface area contributed by atoms with Crippen LogP contribution >= 0.6 is 7.92 Å². The highest BCUT2D eigenvalue weighted by Crippen LogP contribution is 2.43. The molecule has 0 fully saturated rings. The van der Waals surface area contributed by atoms with E-state index in [-0.39, 0.29) is 12.0 Å². The molecule has 5 heteroatoms. The second-order valence-electron chi connectivity index (χ2n) is 9.30. The first kappa shape index (κ1) is 26.3. The molecule has 1 heterocycles. The van der Waals surface area contributed by atoms with Crippen molar-refractivity contribution >= 4 is 24.4 Å². The number of para-hydroxylation sites is 2. The van der Waals surface area contributed by atoms with Gasteiger partial charge in [0.2, 0.25) is 0 Å². The number of aliphatic imine (C=N–C) groups is 1. The molecule has 1 aliphatic heterocycles. The lowest BCUT2D eigenvalue weighted by molar-refractivity contribution is 0.278. The molecule has 2 aromatic carbocycles. The number of hydrogen-bond acceptors (Lipinski definition) is 4. The van der Waals surface area contributed by atoms with E-state index in [2.05, 4.69) is 51.6 Å². The maximum atomic E-state index is 6.24. The van der Waals surface area contributed by atoms with Crippen LogP contribution in [0.5, 0.6) is 11.5 Å². The number of benzene rings is 2. The van der Waals surface area contributed by atoms with Gasteiger partial charge in [0.1, 0.15) is 18.1 Å². The Bertz CT molecular complexity index is 924. The maximum Gasteiger partial charge on any atom is 0.187 e. The molecule has 0 bridgehead atoms. The van der Waals surface area contributed by atoms with Gasteiger partial charge < -0.3 is 14.2 Å². The first-order valence-electron chi connectivity index (χ1n) is 12.4. The van der Waals surface area contributed by atoms with Crippen LogP contribution in [0.4, 0.5) is 0 Å². The molecule has 3 rings (SSSR count). The summed E-state index contributed by atoms with van der Waals surface area (Å²) < 4.78 is 17.9. The van der Waals surface area contributed by atoms with Gasteiger partial charge in [-0.2, -0.15) is 0 Å². The third-order valence-corrected chi connectivity index (χ3v) is 9.10. The second-order valence-corrected chi connectivity index (χ2v) is 11.5. The number of ether oxygens (including phenoxy) is 3. The molecular formula is C29H40NO3P. The third-order valence-electron chi connectivity index (χ3n) is 6.39. The van der Waals surface area contributed by atoms with Gasteiger partial charge in [-0.05, 0) is 51.4 Å². The summed E-state index contributed by atoms with van der Waals surface area (Å²) in [5, 5.41) is 2.43. The second kappa shape index (κ2) is 13.0. The lowest BCUT2D eigenvalue weighted by Crippen LogP contribution is -2.26. The van der Waals surface area contributed by atoms with Gasteiger partial charge in [-0.25, -0.2) is 4.99 Å². The van der Waals surface area contributed by atoms with Gasteiger partial charge in [-0.3, -0.25) is 0 Å². The summed E-state index contributed by atoms with van der Waals surface area (Å²) in [6, 6.07) is 16.9. The molecule has 4 nitrogen and oxygen atoms in total. The number of hydrogen-bond donors (Lipinski definition) is 0. The van der Waals surface area contributed by atoms with Crippen LogP contribution in [-0.2, 0) is 4.74 Å². The zero-order chi connectivity index (χ0) is 24.5. The number of nitrogens with zero attached hydrogens (tertiary/aromatic N) is 1. The zero-order valence-corrected chi connectivity index (χ0v) is 22.3. The Morgan fingerprint density at radius 1 is 1.06 bits per heavy atom. The molecule has 2 aromatic rings. The fourth-order valence-corrected chi connectivity index (χ4v) is 7.11. The van der Waals surface area contributed by atoms with Crippen LogP contribution in [0.2, 0.25) is 0 Å². The van der Waals surface area contributed by atoms with Crippen molar-refractivity contribution in [2.45, 2.75) is 52.5 Å². The smallest absolute Gasteiger partial charge is 0.187 e. The summed E-state index contributed by atoms with van der Waals surface area (Å²) in [7, 11) is 2.71. The molecule has 34 heavy (non-hydrogen) atoms. The summed E-state index contributed by atoms with van der Waals surface area (Å²) in [4.78, 5) is 5.05. The lowest BCUT2D eigenvalue weighted by Gasteiger charge is -2.27. The first-order valence-corrected chi connectivity index (χ1v) is 13.9. The van der Waals surface area contributed by atoms with Crippen molar-refractivity contribution in [3.8, 4) is 11.5 Å². The fraction of sp³-hybridized carbons (Fsp3) is 0.483. The van der Waals surface area contributed by atoms with Crippen molar-refractivity contribution < 1.29 is 14.2 Å². The molecule has 0 aliphatic carbocycles. The Morgan fingerprint density at radius 2 is 1.65 bits per heavy atom. The molecule has 0 saturated heterocycles. The molecule has 0 saturated carbocycles. The summed E-state index contributed by atoms with van der Waals surface area (Å²) >= 11 is 0. The molecule has 0 amide bonds. The van der Waals surface area contributed by atoms with Gasteiger partial charge in [0.15, 0.2) is 5.90 Å². The summed E-state index contributed by atoms with van der Waals surface area (Å²) in [6.07, 6.45) is 5.19. The molecule has 0 aromatic heterocycles. The van der Waals surface area contributed by atoms with Crippen molar-refractivity contribution in [1.82, 2.24) is 0 Å². The molecule has 184 valence electrons. The van der Waals surface area contributed by atoms with Gasteiger partial charge in [-0.1, -0.05) is 75.7 Å². The molecule has 0 spiro atoms. The number of allylic oxidation sites excluding steroid dienone is 1.